The standard InChI is InChI=1S/C33H31F3N2O5/c1-2-32(18-42-19-32)20-43-24-7-3-6-22(16-24)25(21-12-14-23(15-13-21)33(34,35)36)8-4-11-30(40)37-27-9-5-10-28-26(27)17-29(39)31(41)38-28/h3-16,29,39H,2,17-20H2,1H3,(H,37,40)(H,38,41). The van der Waals surface area contributed by atoms with Gasteiger partial charge in [0.2, 0.25) is 5.91 Å². The van der Waals surface area contributed by atoms with Crippen LogP contribution in [0.4, 0.5) is 24.5 Å². The van der Waals surface area contributed by atoms with Gasteiger partial charge in [0.1, 0.15) is 11.9 Å². The van der Waals surface area contributed by atoms with Gasteiger partial charge in [-0.1, -0.05) is 49.4 Å². The van der Waals surface area contributed by atoms with Crippen LogP contribution in [0, 0.1) is 5.41 Å². The first kappa shape index (κ1) is 30.1. The number of alkyl halides is 3. The molecule has 3 N–H and O–H groups in total. The number of ether oxygens (including phenoxy) is 2. The highest BCUT2D eigenvalue weighted by molar-refractivity contribution is 6.03. The van der Waals surface area contributed by atoms with Gasteiger partial charge in [-0.2, -0.15) is 13.2 Å². The van der Waals surface area contributed by atoms with Crippen LogP contribution in [0.3, 0.4) is 0 Å². The van der Waals surface area contributed by atoms with Crippen molar-refractivity contribution in [3.63, 3.8) is 0 Å². The summed E-state index contributed by atoms with van der Waals surface area (Å²) in [7, 11) is 0. The lowest BCUT2D eigenvalue weighted by molar-refractivity contribution is -0.137. The van der Waals surface area contributed by atoms with Gasteiger partial charge in [-0.25, -0.2) is 0 Å². The van der Waals surface area contributed by atoms with Crippen molar-refractivity contribution in [1.82, 2.24) is 0 Å². The molecular weight excluding hydrogens is 561 g/mol. The summed E-state index contributed by atoms with van der Waals surface area (Å²) in [4.78, 5) is 24.6. The van der Waals surface area contributed by atoms with E-state index >= 15 is 0 Å². The van der Waals surface area contributed by atoms with E-state index in [4.69, 9.17) is 9.47 Å². The predicted molar refractivity (Wildman–Crippen MR) is 157 cm³/mol. The molecule has 1 fully saturated rings. The van der Waals surface area contributed by atoms with Gasteiger partial charge in [-0.15, -0.1) is 0 Å². The Labute approximate surface area is 247 Å². The molecular formula is C33H31F3N2O5. The van der Waals surface area contributed by atoms with Gasteiger partial charge < -0.3 is 25.2 Å². The van der Waals surface area contributed by atoms with E-state index in [0.717, 1.165) is 18.6 Å². The average Bonchev–Trinajstić information content (AvgIpc) is 2.96. The Kier molecular flexibility index (Phi) is 8.70. The number of benzene rings is 3. The second-order valence-electron chi connectivity index (χ2n) is 10.7. The maximum Gasteiger partial charge on any atom is 0.416 e. The number of allylic oxidation sites excluding steroid dienone is 2. The number of aliphatic hydroxyl groups excluding tert-OH is 1. The van der Waals surface area contributed by atoms with Crippen LogP contribution in [0.25, 0.3) is 5.57 Å². The molecule has 0 spiro atoms. The third kappa shape index (κ3) is 6.98. The zero-order valence-electron chi connectivity index (χ0n) is 23.4. The molecule has 0 radical (unpaired) electrons. The molecule has 2 heterocycles. The number of aliphatic hydroxyl groups is 1. The summed E-state index contributed by atoms with van der Waals surface area (Å²) < 4.78 is 51.1. The minimum atomic E-state index is -4.47. The van der Waals surface area contributed by atoms with Crippen molar-refractivity contribution in [1.29, 1.82) is 0 Å². The molecule has 10 heteroatoms. The molecule has 3 aromatic carbocycles. The SMILES string of the molecule is CCC1(COc2cccc(C(=CC=CC(=O)Nc3cccc4c3CC(O)C(=O)N4)c3ccc(C(F)(F)F)cc3)c2)COC1. The fourth-order valence-corrected chi connectivity index (χ4v) is 4.92. The molecule has 0 bridgehead atoms. The van der Waals surface area contributed by atoms with E-state index < -0.39 is 29.7 Å². The minimum absolute atomic E-state index is 0.0279. The van der Waals surface area contributed by atoms with E-state index in [-0.39, 0.29) is 11.8 Å². The molecule has 1 atom stereocenters. The lowest BCUT2D eigenvalue weighted by Crippen LogP contribution is -2.46. The molecule has 0 aliphatic carbocycles. The number of carbonyl (C=O) groups is 2. The number of nitrogens with one attached hydrogen (secondary N) is 2. The Morgan fingerprint density at radius 1 is 1.12 bits per heavy atom. The van der Waals surface area contributed by atoms with Gasteiger partial charge in [0.05, 0.1) is 30.8 Å². The van der Waals surface area contributed by atoms with Gasteiger partial charge in [0, 0.05) is 29.4 Å². The van der Waals surface area contributed by atoms with Crippen molar-refractivity contribution in [3.8, 4) is 5.75 Å². The van der Waals surface area contributed by atoms with Crippen LogP contribution in [0.5, 0.6) is 5.75 Å². The van der Waals surface area contributed by atoms with Crippen molar-refractivity contribution in [2.45, 2.75) is 32.0 Å². The summed E-state index contributed by atoms with van der Waals surface area (Å²) in [6, 6.07) is 17.1. The quantitative estimate of drug-likeness (QED) is 0.210. The van der Waals surface area contributed by atoms with E-state index in [9.17, 15) is 27.9 Å². The number of fused-ring (bicyclic) bond motifs is 1. The minimum Gasteiger partial charge on any atom is -0.493 e. The third-order valence-electron chi connectivity index (χ3n) is 7.68. The molecule has 2 amide bonds. The Morgan fingerprint density at radius 3 is 2.53 bits per heavy atom. The molecule has 1 unspecified atom stereocenters. The first-order chi connectivity index (χ1) is 20.6. The highest BCUT2D eigenvalue weighted by atomic mass is 19.4. The number of hydrogen-bond acceptors (Lipinski definition) is 5. The summed E-state index contributed by atoms with van der Waals surface area (Å²) in [6.07, 6.45) is -0.252. The van der Waals surface area contributed by atoms with E-state index in [2.05, 4.69) is 17.6 Å². The molecule has 5 rings (SSSR count). The van der Waals surface area contributed by atoms with Gasteiger partial charge in [-0.05, 0) is 59.5 Å². The maximum atomic E-state index is 13.2. The summed E-state index contributed by atoms with van der Waals surface area (Å²) in [5.74, 6) is -0.361. The number of anilines is 2. The van der Waals surface area contributed by atoms with Gasteiger partial charge >= 0.3 is 6.18 Å². The topological polar surface area (TPSA) is 96.9 Å². The monoisotopic (exact) mass is 592 g/mol. The first-order valence-corrected chi connectivity index (χ1v) is 13.9. The largest absolute Gasteiger partial charge is 0.493 e. The van der Waals surface area contributed by atoms with Gasteiger partial charge in [0.25, 0.3) is 5.91 Å². The smallest absolute Gasteiger partial charge is 0.416 e. The maximum absolute atomic E-state index is 13.2. The highest BCUT2D eigenvalue weighted by Gasteiger charge is 2.37. The van der Waals surface area contributed by atoms with E-state index in [1.165, 1.54) is 24.3 Å². The molecule has 43 heavy (non-hydrogen) atoms. The molecule has 0 saturated carbocycles. The van der Waals surface area contributed by atoms with E-state index in [0.29, 0.717) is 59.2 Å². The highest BCUT2D eigenvalue weighted by Crippen LogP contribution is 2.35. The third-order valence-corrected chi connectivity index (χ3v) is 7.68. The summed E-state index contributed by atoms with van der Waals surface area (Å²) >= 11 is 0. The number of halogens is 3. The zero-order chi connectivity index (χ0) is 30.6. The van der Waals surface area contributed by atoms with Crippen LogP contribution in [0.1, 0.15) is 35.6 Å². The molecule has 224 valence electrons. The van der Waals surface area contributed by atoms with Gasteiger partial charge in [0.15, 0.2) is 0 Å². The van der Waals surface area contributed by atoms with Gasteiger partial charge in [-0.3, -0.25) is 9.59 Å². The molecule has 0 aromatic heterocycles. The average molecular weight is 593 g/mol. The van der Waals surface area contributed by atoms with Crippen molar-refractivity contribution in [3.05, 3.63) is 107 Å². The van der Waals surface area contributed by atoms with Crippen LogP contribution in [-0.4, -0.2) is 42.8 Å². The van der Waals surface area contributed by atoms with Crippen LogP contribution < -0.4 is 15.4 Å². The first-order valence-electron chi connectivity index (χ1n) is 13.9. The summed E-state index contributed by atoms with van der Waals surface area (Å²) in [5, 5.41) is 15.3. The van der Waals surface area contributed by atoms with Crippen molar-refractivity contribution in [2.75, 3.05) is 30.5 Å². The van der Waals surface area contributed by atoms with E-state index in [1.807, 2.05) is 18.2 Å². The Balaban J connectivity index is 1.39. The molecule has 3 aromatic rings. The Hall–Kier alpha value is -4.41. The predicted octanol–water partition coefficient (Wildman–Crippen LogP) is 5.99. The normalized spacial score (nSPS) is 18.0. The fourth-order valence-electron chi connectivity index (χ4n) is 4.92. The second-order valence-corrected chi connectivity index (χ2v) is 10.7. The molecule has 7 nitrogen and oxygen atoms in total. The van der Waals surface area contributed by atoms with Crippen LogP contribution >= 0.6 is 0 Å². The fraction of sp³-hybridized carbons (Fsp3) is 0.273. The van der Waals surface area contributed by atoms with Crippen LogP contribution in [0.15, 0.2) is 85.0 Å². The Morgan fingerprint density at radius 2 is 1.86 bits per heavy atom. The molecule has 1 saturated heterocycles. The lowest BCUT2D eigenvalue weighted by atomic mass is 9.84. The van der Waals surface area contributed by atoms with Crippen molar-refractivity contribution >= 4 is 28.8 Å². The summed E-state index contributed by atoms with van der Waals surface area (Å²) in [5.41, 5.74) is 2.58. The zero-order valence-corrected chi connectivity index (χ0v) is 23.4. The Bertz CT molecular complexity index is 1550. The van der Waals surface area contributed by atoms with Crippen molar-refractivity contribution in [2.24, 2.45) is 5.41 Å². The second kappa shape index (κ2) is 12.4. The van der Waals surface area contributed by atoms with Crippen LogP contribution in [-0.2, 0) is 26.9 Å². The summed E-state index contributed by atoms with van der Waals surface area (Å²) in [6.45, 7) is 3.84. The lowest BCUT2D eigenvalue weighted by Gasteiger charge is -2.40. The number of carbonyl (C=O) groups excluding carboxylic acids is 2. The van der Waals surface area contributed by atoms with Crippen LogP contribution in [0.2, 0.25) is 0 Å². The van der Waals surface area contributed by atoms with E-state index in [1.54, 1.807) is 30.3 Å². The number of rotatable bonds is 9. The van der Waals surface area contributed by atoms with Crippen molar-refractivity contribution < 1.29 is 37.3 Å². The number of hydrogen-bond donors (Lipinski definition) is 3. The molecule has 2 aliphatic rings. The molecule has 2 aliphatic heterocycles. The number of amides is 2.